The molecule has 0 amide bonds. The molecule has 0 saturated heterocycles. The van der Waals surface area contributed by atoms with Gasteiger partial charge in [-0.25, -0.2) is 0 Å². The van der Waals surface area contributed by atoms with E-state index in [4.69, 9.17) is 14.2 Å². The van der Waals surface area contributed by atoms with Crippen molar-refractivity contribution in [3.63, 3.8) is 0 Å². The monoisotopic (exact) mass is 789 g/mol. The first kappa shape index (κ1) is 53.1. The van der Waals surface area contributed by atoms with Gasteiger partial charge in [-0.05, 0) is 103 Å². The van der Waals surface area contributed by atoms with Crippen molar-refractivity contribution in [2.45, 2.75) is 181 Å². The topological polar surface area (TPSA) is 78.9 Å². The van der Waals surface area contributed by atoms with Crippen LogP contribution in [-0.2, 0) is 28.6 Å². The van der Waals surface area contributed by atoms with Crippen molar-refractivity contribution in [3.8, 4) is 0 Å². The molecule has 0 aliphatic rings. The first-order valence-corrected chi connectivity index (χ1v) is 22.4. The van der Waals surface area contributed by atoms with Crippen molar-refractivity contribution in [1.29, 1.82) is 0 Å². The van der Waals surface area contributed by atoms with Gasteiger partial charge in [0.05, 0.1) is 0 Å². The van der Waals surface area contributed by atoms with Gasteiger partial charge in [-0.15, -0.1) is 0 Å². The molecule has 0 aliphatic heterocycles. The highest BCUT2D eigenvalue weighted by atomic mass is 16.6. The molecule has 6 nitrogen and oxygen atoms in total. The lowest BCUT2D eigenvalue weighted by molar-refractivity contribution is -0.166. The van der Waals surface area contributed by atoms with E-state index < -0.39 is 6.10 Å². The fourth-order valence-electron chi connectivity index (χ4n) is 5.50. The number of rotatable bonds is 38. The highest BCUT2D eigenvalue weighted by molar-refractivity contribution is 5.71. The second-order valence-corrected chi connectivity index (χ2v) is 14.2. The first-order valence-electron chi connectivity index (χ1n) is 22.4. The average Bonchev–Trinajstić information content (AvgIpc) is 3.21. The number of hydrogen-bond donors (Lipinski definition) is 0. The second-order valence-electron chi connectivity index (χ2n) is 14.2. The summed E-state index contributed by atoms with van der Waals surface area (Å²) in [6.07, 6.45) is 59.5. The summed E-state index contributed by atoms with van der Waals surface area (Å²) in [5.74, 6) is -1.07. The van der Waals surface area contributed by atoms with Crippen LogP contribution in [0.2, 0.25) is 0 Å². The predicted molar refractivity (Wildman–Crippen MR) is 242 cm³/mol. The molecule has 0 radical (unpaired) electrons. The Morgan fingerprint density at radius 3 is 1.12 bits per heavy atom. The summed E-state index contributed by atoms with van der Waals surface area (Å²) in [4.78, 5) is 37.6. The van der Waals surface area contributed by atoms with Crippen LogP contribution in [-0.4, -0.2) is 37.2 Å². The fraction of sp³-hybridized carbons (Fsp3) is 0.588. The zero-order valence-corrected chi connectivity index (χ0v) is 36.3. The Hall–Kier alpha value is -3.93. The molecule has 0 aliphatic carbocycles. The quantitative estimate of drug-likeness (QED) is 0.0268. The SMILES string of the molecule is CC/C=C\C/C=C\C/C=C\C/C=C\C/C=C\CCC(=O)OCC(COC(=O)CCCC/C=C\C/C=C\CC)OC(=O)CCCCCCCCC/C=C\C/C=C\CC. The van der Waals surface area contributed by atoms with Crippen LogP contribution in [0.25, 0.3) is 0 Å². The summed E-state index contributed by atoms with van der Waals surface area (Å²) in [6.45, 7) is 6.15. The largest absolute Gasteiger partial charge is 0.462 e. The molecular weight excluding hydrogens is 709 g/mol. The summed E-state index contributed by atoms with van der Waals surface area (Å²) in [6, 6.07) is 0. The van der Waals surface area contributed by atoms with Gasteiger partial charge in [-0.3, -0.25) is 14.4 Å². The van der Waals surface area contributed by atoms with Crippen molar-refractivity contribution in [2.75, 3.05) is 13.2 Å². The maximum absolute atomic E-state index is 12.7. The van der Waals surface area contributed by atoms with Crippen LogP contribution in [0.5, 0.6) is 0 Å². The van der Waals surface area contributed by atoms with Gasteiger partial charge < -0.3 is 14.2 Å². The molecule has 57 heavy (non-hydrogen) atoms. The number of carbonyl (C=O) groups excluding carboxylic acids is 3. The minimum Gasteiger partial charge on any atom is -0.462 e. The summed E-state index contributed by atoms with van der Waals surface area (Å²) in [5.41, 5.74) is 0. The second kappa shape index (κ2) is 44.8. The van der Waals surface area contributed by atoms with E-state index in [0.717, 1.165) is 103 Å². The van der Waals surface area contributed by atoms with Gasteiger partial charge in [-0.2, -0.15) is 0 Å². The van der Waals surface area contributed by atoms with Crippen LogP contribution in [0.4, 0.5) is 0 Å². The molecule has 320 valence electrons. The molecule has 0 fully saturated rings. The van der Waals surface area contributed by atoms with E-state index in [0.29, 0.717) is 19.3 Å². The Kier molecular flexibility index (Phi) is 41.7. The molecule has 1 unspecified atom stereocenters. The van der Waals surface area contributed by atoms with E-state index in [1.165, 1.54) is 25.7 Å². The highest BCUT2D eigenvalue weighted by Crippen LogP contribution is 2.12. The number of unbranched alkanes of at least 4 members (excludes halogenated alkanes) is 9. The van der Waals surface area contributed by atoms with Crippen LogP contribution >= 0.6 is 0 Å². The molecule has 1 atom stereocenters. The number of ether oxygens (including phenoxy) is 3. The van der Waals surface area contributed by atoms with Crippen LogP contribution in [0.15, 0.2) is 109 Å². The van der Waals surface area contributed by atoms with Crippen LogP contribution in [0, 0.1) is 0 Å². The van der Waals surface area contributed by atoms with Crippen molar-refractivity contribution >= 4 is 17.9 Å². The standard InChI is InChI=1S/C51H80O6/c1-4-7-10-13-16-19-21-23-25-26-28-29-32-35-38-41-44-50(53)56-47-48(46-55-49(52)43-40-37-34-31-18-15-12-9-6-3)57-51(54)45-42-39-36-33-30-27-24-22-20-17-14-11-8-5-2/h7-12,16-20,23,25,28-29,31,35,38,48H,4-6,13-15,21-22,24,26-27,30,32-34,36-37,39-47H2,1-3H3/b10-7-,11-8-,12-9-,19-16-,20-17-,25-23-,29-28-,31-18-,38-35-. The molecular formula is C51H80O6. The molecule has 0 N–H and O–H groups in total. The average molecular weight is 789 g/mol. The van der Waals surface area contributed by atoms with E-state index >= 15 is 0 Å². The zero-order chi connectivity index (χ0) is 41.5. The number of allylic oxidation sites excluding steroid dienone is 18. The fourth-order valence-corrected chi connectivity index (χ4v) is 5.50. The van der Waals surface area contributed by atoms with Crippen molar-refractivity contribution in [3.05, 3.63) is 109 Å². The smallest absolute Gasteiger partial charge is 0.306 e. The van der Waals surface area contributed by atoms with Gasteiger partial charge >= 0.3 is 17.9 Å². The summed E-state index contributed by atoms with van der Waals surface area (Å²) in [7, 11) is 0. The Morgan fingerprint density at radius 2 is 0.667 bits per heavy atom. The van der Waals surface area contributed by atoms with Gasteiger partial charge in [0, 0.05) is 19.3 Å². The maximum Gasteiger partial charge on any atom is 0.306 e. The number of hydrogen-bond acceptors (Lipinski definition) is 6. The summed E-state index contributed by atoms with van der Waals surface area (Å²) in [5, 5.41) is 0. The third-order valence-corrected chi connectivity index (χ3v) is 8.77. The highest BCUT2D eigenvalue weighted by Gasteiger charge is 2.19. The van der Waals surface area contributed by atoms with Crippen molar-refractivity contribution < 1.29 is 28.6 Å². The Bertz CT molecular complexity index is 1230. The predicted octanol–water partition coefficient (Wildman–Crippen LogP) is 14.4. The Morgan fingerprint density at radius 1 is 0.351 bits per heavy atom. The van der Waals surface area contributed by atoms with Crippen molar-refractivity contribution in [2.24, 2.45) is 0 Å². The van der Waals surface area contributed by atoms with Gasteiger partial charge in [0.25, 0.3) is 0 Å². The lowest BCUT2D eigenvalue weighted by Crippen LogP contribution is -2.30. The molecule has 0 aromatic heterocycles. The van der Waals surface area contributed by atoms with Gasteiger partial charge in [0.2, 0.25) is 0 Å². The van der Waals surface area contributed by atoms with E-state index in [-0.39, 0.29) is 37.5 Å². The molecule has 0 heterocycles. The van der Waals surface area contributed by atoms with Crippen molar-refractivity contribution in [1.82, 2.24) is 0 Å². The minimum atomic E-state index is -0.824. The minimum absolute atomic E-state index is 0.124. The van der Waals surface area contributed by atoms with Gasteiger partial charge in [0.1, 0.15) is 13.2 Å². The van der Waals surface area contributed by atoms with Crippen LogP contribution in [0.3, 0.4) is 0 Å². The molecule has 0 rings (SSSR count). The third kappa shape index (κ3) is 43.0. The number of carbonyl (C=O) groups is 3. The first-order chi connectivity index (χ1) is 28.0. The lowest BCUT2D eigenvalue weighted by atomic mass is 10.1. The normalized spacial score (nSPS) is 13.1. The lowest BCUT2D eigenvalue weighted by Gasteiger charge is -2.18. The van der Waals surface area contributed by atoms with Crippen LogP contribution in [0.1, 0.15) is 175 Å². The zero-order valence-electron chi connectivity index (χ0n) is 36.3. The van der Waals surface area contributed by atoms with Gasteiger partial charge in [-0.1, -0.05) is 162 Å². The van der Waals surface area contributed by atoms with E-state index in [1.54, 1.807) is 0 Å². The van der Waals surface area contributed by atoms with E-state index in [9.17, 15) is 14.4 Å². The van der Waals surface area contributed by atoms with E-state index in [2.05, 4.69) is 118 Å². The molecule has 0 bridgehead atoms. The summed E-state index contributed by atoms with van der Waals surface area (Å²) < 4.78 is 16.6. The van der Waals surface area contributed by atoms with Crippen LogP contribution < -0.4 is 0 Å². The summed E-state index contributed by atoms with van der Waals surface area (Å²) >= 11 is 0. The molecule has 0 aromatic rings. The van der Waals surface area contributed by atoms with E-state index in [1.807, 2.05) is 12.2 Å². The Balaban J connectivity index is 4.53. The number of esters is 3. The molecule has 0 aromatic carbocycles. The molecule has 0 saturated carbocycles. The third-order valence-electron chi connectivity index (χ3n) is 8.77. The maximum atomic E-state index is 12.7. The Labute approximate surface area is 349 Å². The molecule has 6 heteroatoms. The van der Waals surface area contributed by atoms with Gasteiger partial charge in [0.15, 0.2) is 6.10 Å². The molecule has 0 spiro atoms.